The Bertz CT molecular complexity index is 804. The summed E-state index contributed by atoms with van der Waals surface area (Å²) in [6.07, 6.45) is 1.03. The number of benzene rings is 2. The molecule has 3 nitrogen and oxygen atoms in total. The molecule has 1 N–H and O–H groups in total. The lowest BCUT2D eigenvalue weighted by Crippen LogP contribution is -2.41. The van der Waals surface area contributed by atoms with Gasteiger partial charge < -0.3 is 14.8 Å². The van der Waals surface area contributed by atoms with Gasteiger partial charge in [-0.25, -0.2) is 4.39 Å². The zero-order valence-corrected chi connectivity index (χ0v) is 19.6. The summed E-state index contributed by atoms with van der Waals surface area (Å²) in [6, 6.07) is 10.1. The van der Waals surface area contributed by atoms with E-state index in [4.69, 9.17) is 21.1 Å². The van der Waals surface area contributed by atoms with Crippen molar-refractivity contribution in [2.45, 2.75) is 59.7 Å². The van der Waals surface area contributed by atoms with Crippen LogP contribution in [0, 0.1) is 11.2 Å². The summed E-state index contributed by atoms with van der Waals surface area (Å²) in [5.74, 6) is 0.965. The van der Waals surface area contributed by atoms with Gasteiger partial charge in [0.05, 0.1) is 12.1 Å². The number of methoxy groups -OCH3 is 1. The lowest BCUT2D eigenvalue weighted by Gasteiger charge is -2.33. The normalized spacial score (nSPS) is 11.7. The van der Waals surface area contributed by atoms with E-state index >= 15 is 0 Å². The Balaban J connectivity index is 0.00000420. The van der Waals surface area contributed by atoms with Gasteiger partial charge in [-0.15, -0.1) is 12.4 Å². The lowest BCUT2D eigenvalue weighted by atomic mass is 9.82. The molecule has 2 rings (SSSR count). The fraction of sp³-hybridized carbons (Fsp3) is 0.478. The molecule has 0 aliphatic carbocycles. The monoisotopic (exact) mass is 443 g/mol. The highest BCUT2D eigenvalue weighted by molar-refractivity contribution is 6.31. The molecule has 0 fully saturated rings. The highest BCUT2D eigenvalue weighted by atomic mass is 35.5. The van der Waals surface area contributed by atoms with Crippen molar-refractivity contribution < 1.29 is 13.9 Å². The van der Waals surface area contributed by atoms with Crippen molar-refractivity contribution in [1.82, 2.24) is 5.32 Å². The highest BCUT2D eigenvalue weighted by Gasteiger charge is 2.25. The number of rotatable bonds is 8. The second-order valence-electron chi connectivity index (χ2n) is 8.95. The zero-order valence-electron chi connectivity index (χ0n) is 18.1. The largest absolute Gasteiger partial charge is 0.493 e. The summed E-state index contributed by atoms with van der Waals surface area (Å²) >= 11 is 6.13. The molecule has 0 atom stereocenters. The summed E-state index contributed by atoms with van der Waals surface area (Å²) in [5, 5.41) is 3.98. The van der Waals surface area contributed by atoms with E-state index in [0.29, 0.717) is 23.1 Å². The number of ether oxygens (including phenoxy) is 2. The average Bonchev–Trinajstić information content (AvgIpc) is 2.57. The molecule has 6 heteroatoms. The van der Waals surface area contributed by atoms with Crippen LogP contribution in [0.3, 0.4) is 0 Å². The van der Waals surface area contributed by atoms with Gasteiger partial charge in [-0.2, -0.15) is 0 Å². The van der Waals surface area contributed by atoms with E-state index in [1.54, 1.807) is 13.2 Å². The van der Waals surface area contributed by atoms with Gasteiger partial charge in [0.2, 0.25) is 0 Å². The lowest BCUT2D eigenvalue weighted by molar-refractivity contribution is 0.237. The number of nitrogens with one attached hydrogen (secondary N) is 1. The van der Waals surface area contributed by atoms with Gasteiger partial charge in [0, 0.05) is 23.2 Å². The molecule has 0 unspecified atom stereocenters. The van der Waals surface area contributed by atoms with E-state index < -0.39 is 0 Å². The SMILES string of the molecule is COc1cccc(CNC(C)(C)CC(C)(C)C)c1OCc1ccc(F)cc1Cl.Cl. The van der Waals surface area contributed by atoms with Crippen LogP contribution in [-0.2, 0) is 13.2 Å². The molecule has 0 amide bonds. The van der Waals surface area contributed by atoms with Crippen molar-refractivity contribution in [2.24, 2.45) is 5.41 Å². The Kier molecular flexibility index (Phi) is 9.26. The van der Waals surface area contributed by atoms with Crippen molar-refractivity contribution in [3.05, 3.63) is 58.4 Å². The third kappa shape index (κ3) is 8.04. The minimum Gasteiger partial charge on any atom is -0.493 e. The van der Waals surface area contributed by atoms with Crippen molar-refractivity contribution >= 4 is 24.0 Å². The molecule has 0 aliphatic heterocycles. The summed E-state index contributed by atoms with van der Waals surface area (Å²) in [5.41, 5.74) is 1.92. The van der Waals surface area contributed by atoms with Gasteiger partial charge in [0.1, 0.15) is 12.4 Å². The Morgan fingerprint density at radius 1 is 1.03 bits per heavy atom. The molecule has 2 aromatic carbocycles. The second-order valence-corrected chi connectivity index (χ2v) is 9.36. The van der Waals surface area contributed by atoms with Crippen LogP contribution in [-0.4, -0.2) is 12.6 Å². The first-order chi connectivity index (χ1) is 13.0. The van der Waals surface area contributed by atoms with Crippen LogP contribution in [0.4, 0.5) is 4.39 Å². The maximum absolute atomic E-state index is 13.3. The van der Waals surface area contributed by atoms with Crippen molar-refractivity contribution in [3.8, 4) is 11.5 Å². The van der Waals surface area contributed by atoms with E-state index in [2.05, 4.69) is 39.9 Å². The van der Waals surface area contributed by atoms with Crippen LogP contribution >= 0.6 is 24.0 Å². The van der Waals surface area contributed by atoms with Crippen LogP contribution < -0.4 is 14.8 Å². The highest BCUT2D eigenvalue weighted by Crippen LogP contribution is 2.33. The number of para-hydroxylation sites is 1. The van der Waals surface area contributed by atoms with Crippen molar-refractivity contribution in [2.75, 3.05) is 7.11 Å². The van der Waals surface area contributed by atoms with E-state index in [0.717, 1.165) is 17.5 Å². The Labute approximate surface area is 185 Å². The van der Waals surface area contributed by atoms with E-state index in [1.165, 1.54) is 12.1 Å². The molecule has 2 aromatic rings. The minimum absolute atomic E-state index is 0. The molecule has 0 saturated heterocycles. The van der Waals surface area contributed by atoms with Crippen LogP contribution in [0.25, 0.3) is 0 Å². The molecular weight excluding hydrogens is 412 g/mol. The molecular formula is C23H32Cl2FNO2. The van der Waals surface area contributed by atoms with Gasteiger partial charge in [-0.05, 0) is 43.9 Å². The fourth-order valence-corrected chi connectivity index (χ4v) is 3.76. The van der Waals surface area contributed by atoms with E-state index in [9.17, 15) is 4.39 Å². The topological polar surface area (TPSA) is 30.5 Å². The molecule has 0 spiro atoms. The Morgan fingerprint density at radius 3 is 2.31 bits per heavy atom. The van der Waals surface area contributed by atoms with Crippen LogP contribution in [0.15, 0.2) is 36.4 Å². The maximum atomic E-state index is 13.3. The molecule has 29 heavy (non-hydrogen) atoms. The Hall–Kier alpha value is -1.49. The first-order valence-corrected chi connectivity index (χ1v) is 9.86. The smallest absolute Gasteiger partial charge is 0.166 e. The molecule has 0 saturated carbocycles. The Morgan fingerprint density at radius 2 is 1.72 bits per heavy atom. The predicted octanol–water partition coefficient (Wildman–Crippen LogP) is 6.79. The maximum Gasteiger partial charge on any atom is 0.166 e. The summed E-state index contributed by atoms with van der Waals surface area (Å²) in [4.78, 5) is 0. The van der Waals surface area contributed by atoms with Gasteiger partial charge >= 0.3 is 0 Å². The van der Waals surface area contributed by atoms with Crippen LogP contribution in [0.5, 0.6) is 11.5 Å². The fourth-order valence-electron chi connectivity index (χ4n) is 3.54. The van der Waals surface area contributed by atoms with Gasteiger partial charge in [-0.1, -0.05) is 50.6 Å². The minimum atomic E-state index is -0.364. The molecule has 0 aliphatic rings. The molecule has 162 valence electrons. The second kappa shape index (κ2) is 10.5. The van der Waals surface area contributed by atoms with Crippen molar-refractivity contribution in [3.63, 3.8) is 0 Å². The van der Waals surface area contributed by atoms with Gasteiger partial charge in [-0.3, -0.25) is 0 Å². The number of hydrogen-bond acceptors (Lipinski definition) is 3. The molecule has 0 heterocycles. The first kappa shape index (κ1) is 25.5. The third-order valence-corrected chi connectivity index (χ3v) is 4.75. The third-order valence-electron chi connectivity index (χ3n) is 4.40. The number of halogens is 3. The van der Waals surface area contributed by atoms with E-state index in [1.807, 2.05) is 18.2 Å². The van der Waals surface area contributed by atoms with Gasteiger partial charge in [0.15, 0.2) is 11.5 Å². The predicted molar refractivity (Wildman–Crippen MR) is 121 cm³/mol. The quantitative estimate of drug-likeness (QED) is 0.486. The van der Waals surface area contributed by atoms with E-state index in [-0.39, 0.29) is 35.8 Å². The van der Waals surface area contributed by atoms with Crippen LogP contribution in [0.1, 0.15) is 52.2 Å². The summed E-state index contributed by atoms with van der Waals surface area (Å²) < 4.78 is 24.8. The zero-order chi connectivity index (χ0) is 20.9. The summed E-state index contributed by atoms with van der Waals surface area (Å²) in [7, 11) is 1.62. The van der Waals surface area contributed by atoms with Gasteiger partial charge in [0.25, 0.3) is 0 Å². The molecule has 0 bridgehead atoms. The molecule has 0 aromatic heterocycles. The molecule has 0 radical (unpaired) electrons. The number of hydrogen-bond donors (Lipinski definition) is 1. The standard InChI is InChI=1S/C23H31ClFNO2.ClH/c1-22(2,3)15-23(4,5)26-13-16-8-7-9-20(27-6)21(16)28-14-17-10-11-18(25)12-19(17)24;/h7-12,26H,13-15H2,1-6H3;1H. The first-order valence-electron chi connectivity index (χ1n) is 9.48. The summed E-state index contributed by atoms with van der Waals surface area (Å²) in [6.45, 7) is 12.0. The average molecular weight is 444 g/mol. The van der Waals surface area contributed by atoms with Crippen LogP contribution in [0.2, 0.25) is 5.02 Å². The van der Waals surface area contributed by atoms with Crippen molar-refractivity contribution in [1.29, 1.82) is 0 Å².